The summed E-state index contributed by atoms with van der Waals surface area (Å²) in [5.41, 5.74) is 9.31. The fourth-order valence-electron chi connectivity index (χ4n) is 2.13. The zero-order valence-corrected chi connectivity index (χ0v) is 9.36. The monoisotopic (exact) mass is 206 g/mol. The Morgan fingerprint density at radius 3 is 2.93 bits per heavy atom. The Bertz CT molecular complexity index is 331. The van der Waals surface area contributed by atoms with Crippen molar-refractivity contribution in [3.8, 4) is 0 Å². The van der Waals surface area contributed by atoms with E-state index in [1.54, 1.807) is 0 Å². The molecule has 1 aromatic carbocycles. The first-order valence-corrected chi connectivity index (χ1v) is 5.39. The van der Waals surface area contributed by atoms with Crippen LogP contribution in [0.5, 0.6) is 0 Å². The Morgan fingerprint density at radius 1 is 1.47 bits per heavy atom. The van der Waals surface area contributed by atoms with E-state index in [4.69, 9.17) is 10.5 Å². The van der Waals surface area contributed by atoms with E-state index in [9.17, 15) is 0 Å². The van der Waals surface area contributed by atoms with Crippen LogP contribution in [-0.2, 0) is 4.74 Å². The molecule has 0 aromatic heterocycles. The first-order valence-electron chi connectivity index (χ1n) is 5.39. The summed E-state index contributed by atoms with van der Waals surface area (Å²) in [6, 6.07) is 6.47. The maximum Gasteiger partial charge on any atom is 0.0668 e. The molecule has 82 valence electrons. The molecule has 3 heteroatoms. The summed E-state index contributed by atoms with van der Waals surface area (Å²) >= 11 is 0. The summed E-state index contributed by atoms with van der Waals surface area (Å²) in [7, 11) is 0. The summed E-state index contributed by atoms with van der Waals surface area (Å²) in [6.45, 7) is 6.78. The molecule has 1 aromatic rings. The summed E-state index contributed by atoms with van der Waals surface area (Å²) in [6.07, 6.45) is 0. The fourth-order valence-corrected chi connectivity index (χ4v) is 2.13. The minimum Gasteiger partial charge on any atom is -0.397 e. The lowest BCUT2D eigenvalue weighted by atomic mass is 10.1. The lowest BCUT2D eigenvalue weighted by molar-refractivity contribution is 0.0989. The van der Waals surface area contributed by atoms with Gasteiger partial charge >= 0.3 is 0 Å². The number of hydrogen-bond donors (Lipinski definition) is 1. The molecule has 1 heterocycles. The highest BCUT2D eigenvalue weighted by Crippen LogP contribution is 2.29. The molecule has 0 bridgehead atoms. The number of hydrogen-bond acceptors (Lipinski definition) is 3. The SMILES string of the molecule is Cc1cccc(N)c1N1CCOCC1C. The smallest absolute Gasteiger partial charge is 0.0668 e. The average molecular weight is 206 g/mol. The zero-order chi connectivity index (χ0) is 10.8. The van der Waals surface area contributed by atoms with E-state index in [0.29, 0.717) is 6.04 Å². The third-order valence-corrected chi connectivity index (χ3v) is 2.92. The topological polar surface area (TPSA) is 38.5 Å². The molecule has 15 heavy (non-hydrogen) atoms. The second-order valence-corrected chi connectivity index (χ2v) is 4.13. The maximum absolute atomic E-state index is 6.03. The van der Waals surface area contributed by atoms with Gasteiger partial charge in [0.2, 0.25) is 0 Å². The second kappa shape index (κ2) is 4.11. The first kappa shape index (κ1) is 10.3. The number of benzene rings is 1. The van der Waals surface area contributed by atoms with Crippen molar-refractivity contribution in [2.75, 3.05) is 30.4 Å². The Balaban J connectivity index is 2.35. The molecule has 2 N–H and O–H groups in total. The van der Waals surface area contributed by atoms with Crippen molar-refractivity contribution < 1.29 is 4.74 Å². The molecular weight excluding hydrogens is 188 g/mol. The Kier molecular flexibility index (Phi) is 2.82. The summed E-state index contributed by atoms with van der Waals surface area (Å²) in [5.74, 6) is 0. The highest BCUT2D eigenvalue weighted by atomic mass is 16.5. The van der Waals surface area contributed by atoms with Crippen LogP contribution in [0.2, 0.25) is 0 Å². The Labute approximate surface area is 90.8 Å². The van der Waals surface area contributed by atoms with Crippen LogP contribution in [0.25, 0.3) is 0 Å². The molecule has 0 spiro atoms. The number of morpholine rings is 1. The van der Waals surface area contributed by atoms with Crippen LogP contribution in [0.15, 0.2) is 18.2 Å². The van der Waals surface area contributed by atoms with Gasteiger partial charge in [0.05, 0.1) is 24.6 Å². The van der Waals surface area contributed by atoms with E-state index in [-0.39, 0.29) is 0 Å². The molecule has 0 amide bonds. The van der Waals surface area contributed by atoms with E-state index in [1.807, 2.05) is 12.1 Å². The molecule has 0 radical (unpaired) electrons. The van der Waals surface area contributed by atoms with Crippen LogP contribution in [0.1, 0.15) is 12.5 Å². The molecule has 2 rings (SSSR count). The minimum atomic E-state index is 0.405. The van der Waals surface area contributed by atoms with Gasteiger partial charge in [-0.3, -0.25) is 0 Å². The predicted octanol–water partition coefficient (Wildman–Crippen LogP) is 1.80. The number of aryl methyl sites for hydroxylation is 1. The molecule has 0 aliphatic carbocycles. The lowest BCUT2D eigenvalue weighted by Gasteiger charge is -2.36. The average Bonchev–Trinajstić information content (AvgIpc) is 2.20. The summed E-state index contributed by atoms with van der Waals surface area (Å²) in [5, 5.41) is 0. The molecular formula is C12H18N2O. The number of nitrogens with two attached hydrogens (primary N) is 1. The van der Waals surface area contributed by atoms with E-state index >= 15 is 0 Å². The fraction of sp³-hybridized carbons (Fsp3) is 0.500. The van der Waals surface area contributed by atoms with E-state index < -0.39 is 0 Å². The van der Waals surface area contributed by atoms with Crippen LogP contribution in [0.3, 0.4) is 0 Å². The molecule has 3 nitrogen and oxygen atoms in total. The van der Waals surface area contributed by atoms with Gasteiger partial charge in [-0.2, -0.15) is 0 Å². The molecule has 1 atom stereocenters. The standard InChI is InChI=1S/C12H18N2O/c1-9-4-3-5-11(13)12(9)14-6-7-15-8-10(14)2/h3-5,10H,6-8,13H2,1-2H3. The molecule has 1 aliphatic rings. The van der Waals surface area contributed by atoms with Crippen LogP contribution in [-0.4, -0.2) is 25.8 Å². The third-order valence-electron chi connectivity index (χ3n) is 2.92. The van der Waals surface area contributed by atoms with Gasteiger partial charge in [0.15, 0.2) is 0 Å². The van der Waals surface area contributed by atoms with E-state index in [0.717, 1.165) is 25.4 Å². The van der Waals surface area contributed by atoms with Crippen molar-refractivity contribution in [3.63, 3.8) is 0 Å². The van der Waals surface area contributed by atoms with E-state index in [2.05, 4.69) is 24.8 Å². The number of para-hydroxylation sites is 1. The highest BCUT2D eigenvalue weighted by Gasteiger charge is 2.21. The predicted molar refractivity (Wildman–Crippen MR) is 63.2 cm³/mol. The number of anilines is 2. The first-order chi connectivity index (χ1) is 7.20. The minimum absolute atomic E-state index is 0.405. The van der Waals surface area contributed by atoms with Gasteiger partial charge in [-0.05, 0) is 25.5 Å². The maximum atomic E-state index is 6.03. The Morgan fingerprint density at radius 2 is 2.27 bits per heavy atom. The van der Waals surface area contributed by atoms with Gasteiger partial charge < -0.3 is 15.4 Å². The molecule has 1 aliphatic heterocycles. The zero-order valence-electron chi connectivity index (χ0n) is 9.36. The van der Waals surface area contributed by atoms with Crippen LogP contribution in [0.4, 0.5) is 11.4 Å². The van der Waals surface area contributed by atoms with E-state index in [1.165, 1.54) is 11.3 Å². The van der Waals surface area contributed by atoms with Crippen LogP contribution < -0.4 is 10.6 Å². The third kappa shape index (κ3) is 1.92. The van der Waals surface area contributed by atoms with Gasteiger partial charge in [0.25, 0.3) is 0 Å². The van der Waals surface area contributed by atoms with Gasteiger partial charge in [-0.1, -0.05) is 12.1 Å². The molecule has 1 unspecified atom stereocenters. The Hall–Kier alpha value is -1.22. The van der Waals surface area contributed by atoms with Crippen LogP contribution >= 0.6 is 0 Å². The molecule has 1 saturated heterocycles. The van der Waals surface area contributed by atoms with Crippen molar-refractivity contribution in [2.45, 2.75) is 19.9 Å². The van der Waals surface area contributed by atoms with Crippen molar-refractivity contribution in [1.29, 1.82) is 0 Å². The van der Waals surface area contributed by atoms with Gasteiger partial charge in [0, 0.05) is 12.6 Å². The quantitative estimate of drug-likeness (QED) is 0.712. The number of rotatable bonds is 1. The molecule has 0 saturated carbocycles. The number of nitrogen functional groups attached to an aromatic ring is 1. The van der Waals surface area contributed by atoms with Crippen molar-refractivity contribution in [3.05, 3.63) is 23.8 Å². The van der Waals surface area contributed by atoms with Crippen molar-refractivity contribution in [2.24, 2.45) is 0 Å². The van der Waals surface area contributed by atoms with Crippen molar-refractivity contribution >= 4 is 11.4 Å². The summed E-state index contributed by atoms with van der Waals surface area (Å²) in [4.78, 5) is 2.34. The number of ether oxygens (including phenoxy) is 1. The number of nitrogens with zero attached hydrogens (tertiary/aromatic N) is 1. The lowest BCUT2D eigenvalue weighted by Crippen LogP contribution is -2.44. The normalized spacial score (nSPS) is 21.7. The molecule has 1 fully saturated rings. The highest BCUT2D eigenvalue weighted by molar-refractivity contribution is 5.71. The summed E-state index contributed by atoms with van der Waals surface area (Å²) < 4.78 is 5.43. The van der Waals surface area contributed by atoms with Gasteiger partial charge in [0.1, 0.15) is 0 Å². The van der Waals surface area contributed by atoms with Gasteiger partial charge in [-0.15, -0.1) is 0 Å². The van der Waals surface area contributed by atoms with Gasteiger partial charge in [-0.25, -0.2) is 0 Å². The van der Waals surface area contributed by atoms with Crippen molar-refractivity contribution in [1.82, 2.24) is 0 Å². The second-order valence-electron chi connectivity index (χ2n) is 4.13. The van der Waals surface area contributed by atoms with Crippen LogP contribution in [0, 0.1) is 6.92 Å². The largest absolute Gasteiger partial charge is 0.397 e.